The van der Waals surface area contributed by atoms with Gasteiger partial charge in [-0.1, -0.05) is 60.1 Å². The van der Waals surface area contributed by atoms with Gasteiger partial charge in [-0.15, -0.1) is 0 Å². The summed E-state index contributed by atoms with van der Waals surface area (Å²) in [7, 11) is 0. The lowest BCUT2D eigenvalue weighted by Gasteiger charge is -2.11. The van der Waals surface area contributed by atoms with Gasteiger partial charge in [-0.2, -0.15) is 5.26 Å². The second-order valence-electron chi connectivity index (χ2n) is 6.13. The number of nitriles is 1. The topological polar surface area (TPSA) is 45.9 Å². The van der Waals surface area contributed by atoms with Crippen LogP contribution in [-0.4, -0.2) is 4.98 Å². The van der Waals surface area contributed by atoms with Crippen molar-refractivity contribution in [1.82, 2.24) is 4.98 Å². The largest absolute Gasteiger partial charge is 0.457 e. The van der Waals surface area contributed by atoms with Crippen LogP contribution in [0.4, 0.5) is 0 Å². The molecule has 0 unspecified atom stereocenters. The van der Waals surface area contributed by atoms with Crippen LogP contribution in [0.5, 0.6) is 11.5 Å². The van der Waals surface area contributed by atoms with Gasteiger partial charge in [0, 0.05) is 17.3 Å². The Morgan fingerprint density at radius 1 is 0.750 bits per heavy atom. The summed E-state index contributed by atoms with van der Waals surface area (Å²) >= 11 is 6.55. The van der Waals surface area contributed by atoms with E-state index in [9.17, 15) is 5.26 Å². The molecule has 0 aliphatic heterocycles. The van der Waals surface area contributed by atoms with Gasteiger partial charge in [0.05, 0.1) is 16.3 Å². The fourth-order valence-corrected chi connectivity index (χ4v) is 3.22. The SMILES string of the molecule is N#Cc1c(-c2ccc(Oc3ccccc3)cc2)ncc(-c2ccccc2)c1Cl. The fraction of sp³-hybridized carbons (Fsp3) is 0. The van der Waals surface area contributed by atoms with E-state index >= 15 is 0 Å². The van der Waals surface area contributed by atoms with E-state index in [2.05, 4.69) is 11.1 Å². The minimum Gasteiger partial charge on any atom is -0.457 e. The lowest BCUT2D eigenvalue weighted by molar-refractivity contribution is 0.483. The van der Waals surface area contributed by atoms with Gasteiger partial charge in [-0.05, 0) is 42.0 Å². The third-order valence-electron chi connectivity index (χ3n) is 4.32. The second-order valence-corrected chi connectivity index (χ2v) is 6.50. The van der Waals surface area contributed by atoms with Crippen molar-refractivity contribution >= 4 is 11.6 Å². The highest BCUT2D eigenvalue weighted by Gasteiger charge is 2.16. The Kier molecular flexibility index (Phi) is 5.05. The maximum Gasteiger partial charge on any atom is 0.127 e. The second kappa shape index (κ2) is 7.96. The summed E-state index contributed by atoms with van der Waals surface area (Å²) in [6.45, 7) is 0. The smallest absolute Gasteiger partial charge is 0.127 e. The molecule has 28 heavy (non-hydrogen) atoms. The summed E-state index contributed by atoms with van der Waals surface area (Å²) in [5.74, 6) is 1.47. The van der Waals surface area contributed by atoms with Crippen LogP contribution < -0.4 is 4.74 Å². The van der Waals surface area contributed by atoms with Crippen LogP contribution in [0.15, 0.2) is 91.1 Å². The molecule has 0 aliphatic carbocycles. The van der Waals surface area contributed by atoms with Crippen LogP contribution in [0.1, 0.15) is 5.56 Å². The van der Waals surface area contributed by atoms with Gasteiger partial charge in [0.15, 0.2) is 0 Å². The van der Waals surface area contributed by atoms with E-state index in [-0.39, 0.29) is 0 Å². The Hall–Kier alpha value is -3.61. The van der Waals surface area contributed by atoms with Crippen molar-refractivity contribution in [1.29, 1.82) is 5.26 Å². The molecule has 4 aromatic rings. The minimum absolute atomic E-state index is 0.361. The van der Waals surface area contributed by atoms with Crippen molar-refractivity contribution in [3.63, 3.8) is 0 Å². The van der Waals surface area contributed by atoms with Gasteiger partial charge in [-0.25, -0.2) is 0 Å². The Morgan fingerprint density at radius 2 is 1.36 bits per heavy atom. The van der Waals surface area contributed by atoms with E-state index < -0.39 is 0 Å². The number of hydrogen-bond acceptors (Lipinski definition) is 3. The molecule has 0 radical (unpaired) electrons. The number of para-hydroxylation sites is 1. The molecule has 134 valence electrons. The number of pyridine rings is 1. The zero-order chi connectivity index (χ0) is 19.3. The number of rotatable bonds is 4. The van der Waals surface area contributed by atoms with Gasteiger partial charge in [0.25, 0.3) is 0 Å². The summed E-state index contributed by atoms with van der Waals surface area (Å²) in [4.78, 5) is 4.52. The van der Waals surface area contributed by atoms with Crippen LogP contribution in [0, 0.1) is 11.3 Å². The predicted molar refractivity (Wildman–Crippen MR) is 111 cm³/mol. The molecule has 1 heterocycles. The van der Waals surface area contributed by atoms with E-state index in [0.29, 0.717) is 22.0 Å². The quantitative estimate of drug-likeness (QED) is 0.393. The van der Waals surface area contributed by atoms with Crippen LogP contribution in [0.2, 0.25) is 5.02 Å². The lowest BCUT2D eigenvalue weighted by atomic mass is 10.0. The summed E-state index contributed by atoms with van der Waals surface area (Å²) < 4.78 is 5.81. The van der Waals surface area contributed by atoms with Gasteiger partial charge in [-0.3, -0.25) is 4.98 Å². The number of nitrogens with zero attached hydrogens (tertiary/aromatic N) is 2. The maximum absolute atomic E-state index is 9.68. The van der Waals surface area contributed by atoms with Crippen molar-refractivity contribution in [3.05, 3.63) is 102 Å². The lowest BCUT2D eigenvalue weighted by Crippen LogP contribution is -1.94. The van der Waals surface area contributed by atoms with Crippen molar-refractivity contribution in [3.8, 4) is 40.0 Å². The average molecular weight is 383 g/mol. The molecule has 3 nitrogen and oxygen atoms in total. The molecule has 4 rings (SSSR count). The summed E-state index contributed by atoms with van der Waals surface area (Å²) in [6, 6.07) is 28.9. The summed E-state index contributed by atoms with van der Waals surface area (Å²) in [6.07, 6.45) is 1.71. The highest BCUT2D eigenvalue weighted by molar-refractivity contribution is 6.34. The van der Waals surface area contributed by atoms with E-state index in [0.717, 1.165) is 22.4 Å². The standard InChI is InChI=1S/C24H15ClN2O/c25-23-21(15-26)24(27-16-22(23)17-7-3-1-4-8-17)18-11-13-20(14-12-18)28-19-9-5-2-6-10-19/h1-14,16H. The fourth-order valence-electron chi connectivity index (χ4n) is 2.93. The molecule has 0 saturated carbocycles. The molecule has 0 atom stereocenters. The molecule has 0 N–H and O–H groups in total. The van der Waals surface area contributed by atoms with Gasteiger partial charge in [0.2, 0.25) is 0 Å². The van der Waals surface area contributed by atoms with Crippen molar-refractivity contribution in [2.24, 2.45) is 0 Å². The molecule has 0 saturated heterocycles. The highest BCUT2D eigenvalue weighted by Crippen LogP contribution is 2.35. The van der Waals surface area contributed by atoms with Gasteiger partial charge in [0.1, 0.15) is 17.6 Å². The molecular formula is C24H15ClN2O. The van der Waals surface area contributed by atoms with Gasteiger partial charge < -0.3 is 4.74 Å². The number of halogens is 1. The van der Waals surface area contributed by atoms with Crippen LogP contribution in [0.3, 0.4) is 0 Å². The number of aromatic nitrogens is 1. The van der Waals surface area contributed by atoms with Crippen molar-refractivity contribution < 1.29 is 4.74 Å². The molecule has 1 aromatic heterocycles. The number of benzene rings is 3. The van der Waals surface area contributed by atoms with E-state index in [1.807, 2.05) is 84.9 Å². The maximum atomic E-state index is 9.68. The number of hydrogen-bond donors (Lipinski definition) is 0. The molecule has 4 heteroatoms. The molecule has 3 aromatic carbocycles. The van der Waals surface area contributed by atoms with Crippen molar-refractivity contribution in [2.75, 3.05) is 0 Å². The third-order valence-corrected chi connectivity index (χ3v) is 4.71. The summed E-state index contributed by atoms with van der Waals surface area (Å²) in [5.41, 5.74) is 3.39. The minimum atomic E-state index is 0.361. The molecular weight excluding hydrogens is 368 g/mol. The first-order valence-electron chi connectivity index (χ1n) is 8.73. The number of ether oxygens (including phenoxy) is 1. The Bertz CT molecular complexity index is 1140. The van der Waals surface area contributed by atoms with Crippen molar-refractivity contribution in [2.45, 2.75) is 0 Å². The third kappa shape index (κ3) is 3.59. The Morgan fingerprint density at radius 3 is 2.00 bits per heavy atom. The molecule has 0 amide bonds. The van der Waals surface area contributed by atoms with Gasteiger partial charge >= 0.3 is 0 Å². The summed E-state index contributed by atoms with van der Waals surface area (Å²) in [5, 5.41) is 10.1. The normalized spacial score (nSPS) is 10.3. The first kappa shape index (κ1) is 17.8. The average Bonchev–Trinajstić information content (AvgIpc) is 2.75. The zero-order valence-corrected chi connectivity index (χ0v) is 15.6. The monoisotopic (exact) mass is 382 g/mol. The molecule has 0 bridgehead atoms. The first-order valence-corrected chi connectivity index (χ1v) is 9.11. The molecule has 0 aliphatic rings. The zero-order valence-electron chi connectivity index (χ0n) is 14.8. The Labute approximate surface area is 168 Å². The molecule has 0 fully saturated rings. The van der Waals surface area contributed by atoms with E-state index in [4.69, 9.17) is 16.3 Å². The highest BCUT2D eigenvalue weighted by atomic mass is 35.5. The predicted octanol–water partition coefficient (Wildman–Crippen LogP) is 6.73. The van der Waals surface area contributed by atoms with E-state index in [1.165, 1.54) is 0 Å². The van der Waals surface area contributed by atoms with Crippen LogP contribution in [-0.2, 0) is 0 Å². The Balaban J connectivity index is 1.68. The van der Waals surface area contributed by atoms with Crippen LogP contribution >= 0.6 is 11.6 Å². The first-order chi connectivity index (χ1) is 13.8. The molecule has 0 spiro atoms. The van der Waals surface area contributed by atoms with E-state index in [1.54, 1.807) is 6.20 Å². The van der Waals surface area contributed by atoms with Crippen LogP contribution in [0.25, 0.3) is 22.4 Å².